The predicted molar refractivity (Wildman–Crippen MR) is 84.6 cm³/mol. The molecular weight excluding hydrogens is 330 g/mol. The van der Waals surface area contributed by atoms with Crippen molar-refractivity contribution in [3.8, 4) is 0 Å². The average molecular weight is 351 g/mol. The summed E-state index contributed by atoms with van der Waals surface area (Å²) in [5, 5.41) is 4.27. The first kappa shape index (κ1) is 14.8. The fraction of sp³-hybridized carbons (Fsp3) is 0.714. The first-order valence-electron chi connectivity index (χ1n) is 6.82. The highest BCUT2D eigenvalue weighted by atomic mass is 79.9. The Morgan fingerprint density at radius 2 is 2.17 bits per heavy atom. The van der Waals surface area contributed by atoms with Gasteiger partial charge in [-0.25, -0.2) is 0 Å². The Morgan fingerprint density at radius 3 is 2.72 bits per heavy atom. The van der Waals surface area contributed by atoms with Crippen molar-refractivity contribution in [2.75, 3.05) is 7.05 Å². The van der Waals surface area contributed by atoms with Gasteiger partial charge in [0.25, 0.3) is 0 Å². The third-order valence-corrected chi connectivity index (χ3v) is 6.53. The molecule has 0 bridgehead atoms. The third-order valence-electron chi connectivity index (χ3n) is 3.94. The molecule has 0 saturated heterocycles. The highest BCUT2D eigenvalue weighted by molar-refractivity contribution is 9.11. The lowest BCUT2D eigenvalue weighted by Gasteiger charge is -2.23. The van der Waals surface area contributed by atoms with Gasteiger partial charge in [-0.05, 0) is 47.8 Å². The number of nitrogens with one attached hydrogen (secondary N) is 1. The Balaban J connectivity index is 1.88. The summed E-state index contributed by atoms with van der Waals surface area (Å²) in [6.45, 7) is 0. The van der Waals surface area contributed by atoms with E-state index >= 15 is 0 Å². The molecular formula is C14H21BrClNS. The molecule has 1 atom stereocenters. The fourth-order valence-electron chi connectivity index (χ4n) is 2.84. The van der Waals surface area contributed by atoms with Crippen molar-refractivity contribution in [2.24, 2.45) is 5.92 Å². The van der Waals surface area contributed by atoms with E-state index in [0.29, 0.717) is 6.04 Å². The average Bonchev–Trinajstić information content (AvgIpc) is 2.71. The molecule has 1 fully saturated rings. The van der Waals surface area contributed by atoms with Gasteiger partial charge in [-0.1, -0.05) is 43.7 Å². The zero-order valence-electron chi connectivity index (χ0n) is 10.8. The van der Waals surface area contributed by atoms with Crippen molar-refractivity contribution in [3.05, 3.63) is 19.8 Å². The van der Waals surface area contributed by atoms with Crippen molar-refractivity contribution >= 4 is 38.9 Å². The maximum atomic E-state index is 6.12. The molecule has 1 N–H and O–H groups in total. The SMILES string of the molecule is CNC(CCC1CCCCC1)c1cc(Cl)c(Br)s1. The van der Waals surface area contributed by atoms with E-state index in [2.05, 4.69) is 27.3 Å². The second-order valence-corrected chi connectivity index (χ2v) is 8.00. The van der Waals surface area contributed by atoms with Crippen LogP contribution in [0.3, 0.4) is 0 Å². The second-order valence-electron chi connectivity index (χ2n) is 5.19. The first-order chi connectivity index (χ1) is 8.70. The summed E-state index contributed by atoms with van der Waals surface area (Å²) < 4.78 is 1.05. The topological polar surface area (TPSA) is 12.0 Å². The number of thiophene rings is 1. The van der Waals surface area contributed by atoms with E-state index in [-0.39, 0.29) is 0 Å². The molecule has 1 heterocycles. The normalized spacial score (nSPS) is 19.1. The molecule has 1 aromatic rings. The van der Waals surface area contributed by atoms with Crippen molar-refractivity contribution in [3.63, 3.8) is 0 Å². The molecule has 2 rings (SSSR count). The van der Waals surface area contributed by atoms with Gasteiger partial charge in [0.15, 0.2) is 0 Å². The smallest absolute Gasteiger partial charge is 0.0887 e. The molecule has 1 unspecified atom stereocenters. The van der Waals surface area contributed by atoms with Crippen LogP contribution in [-0.4, -0.2) is 7.05 Å². The molecule has 18 heavy (non-hydrogen) atoms. The molecule has 0 amide bonds. The summed E-state index contributed by atoms with van der Waals surface area (Å²) in [6.07, 6.45) is 9.76. The summed E-state index contributed by atoms with van der Waals surface area (Å²) >= 11 is 11.4. The molecule has 1 saturated carbocycles. The number of halogens is 2. The molecule has 1 aromatic heterocycles. The van der Waals surface area contributed by atoms with Crippen LogP contribution in [-0.2, 0) is 0 Å². The zero-order chi connectivity index (χ0) is 13.0. The number of hydrogen-bond donors (Lipinski definition) is 1. The van der Waals surface area contributed by atoms with Gasteiger partial charge in [0.1, 0.15) is 0 Å². The fourth-order valence-corrected chi connectivity index (χ4v) is 4.73. The Bertz CT molecular complexity index is 354. The highest BCUT2D eigenvalue weighted by Crippen LogP contribution is 2.37. The van der Waals surface area contributed by atoms with E-state index in [0.717, 1.165) is 14.7 Å². The van der Waals surface area contributed by atoms with Crippen LogP contribution in [0.15, 0.2) is 9.85 Å². The van der Waals surface area contributed by atoms with Crippen LogP contribution in [0, 0.1) is 5.92 Å². The maximum Gasteiger partial charge on any atom is 0.0887 e. The Kier molecular flexibility index (Phi) is 5.99. The van der Waals surface area contributed by atoms with E-state index in [1.165, 1.54) is 49.8 Å². The molecule has 0 aromatic carbocycles. The van der Waals surface area contributed by atoms with E-state index in [4.69, 9.17) is 11.6 Å². The van der Waals surface area contributed by atoms with Gasteiger partial charge < -0.3 is 5.32 Å². The lowest BCUT2D eigenvalue weighted by molar-refractivity contribution is 0.318. The first-order valence-corrected chi connectivity index (χ1v) is 8.81. The Hall–Kier alpha value is 0.430. The van der Waals surface area contributed by atoms with Crippen LogP contribution in [0.2, 0.25) is 5.02 Å². The minimum Gasteiger partial charge on any atom is -0.312 e. The molecule has 4 heteroatoms. The Morgan fingerprint density at radius 1 is 1.44 bits per heavy atom. The monoisotopic (exact) mass is 349 g/mol. The van der Waals surface area contributed by atoms with Crippen LogP contribution in [0.25, 0.3) is 0 Å². The zero-order valence-corrected chi connectivity index (χ0v) is 14.0. The van der Waals surface area contributed by atoms with Crippen LogP contribution < -0.4 is 5.32 Å². The second kappa shape index (κ2) is 7.28. The van der Waals surface area contributed by atoms with E-state index in [1.54, 1.807) is 11.3 Å². The molecule has 102 valence electrons. The number of rotatable bonds is 5. The summed E-state index contributed by atoms with van der Waals surface area (Å²) in [5.74, 6) is 0.952. The van der Waals surface area contributed by atoms with Gasteiger partial charge in [0, 0.05) is 10.9 Å². The molecule has 1 nitrogen and oxygen atoms in total. The summed E-state index contributed by atoms with van der Waals surface area (Å²) in [6, 6.07) is 2.55. The van der Waals surface area contributed by atoms with E-state index < -0.39 is 0 Å². The lowest BCUT2D eigenvalue weighted by atomic mass is 9.85. The van der Waals surface area contributed by atoms with Crippen LogP contribution in [0.1, 0.15) is 55.9 Å². The van der Waals surface area contributed by atoms with Crippen molar-refractivity contribution < 1.29 is 0 Å². The summed E-state index contributed by atoms with van der Waals surface area (Å²) in [7, 11) is 2.05. The standard InChI is InChI=1S/C14H21BrClNS/c1-17-12(13-9-11(16)14(15)18-13)8-7-10-5-3-2-4-6-10/h9-10,12,17H,2-8H2,1H3. The van der Waals surface area contributed by atoms with Crippen molar-refractivity contribution in [1.82, 2.24) is 5.32 Å². The van der Waals surface area contributed by atoms with Crippen molar-refractivity contribution in [2.45, 2.75) is 51.0 Å². The molecule has 1 aliphatic rings. The van der Waals surface area contributed by atoms with Crippen LogP contribution in [0.4, 0.5) is 0 Å². The largest absolute Gasteiger partial charge is 0.312 e. The number of hydrogen-bond acceptors (Lipinski definition) is 2. The van der Waals surface area contributed by atoms with Gasteiger partial charge in [0.2, 0.25) is 0 Å². The minimum absolute atomic E-state index is 0.459. The van der Waals surface area contributed by atoms with Crippen molar-refractivity contribution in [1.29, 1.82) is 0 Å². The van der Waals surface area contributed by atoms with Gasteiger partial charge in [0.05, 0.1) is 8.81 Å². The van der Waals surface area contributed by atoms with Gasteiger partial charge in [-0.15, -0.1) is 11.3 Å². The van der Waals surface area contributed by atoms with Crippen LogP contribution >= 0.6 is 38.9 Å². The third kappa shape index (κ3) is 3.96. The predicted octanol–water partition coefficient (Wildman–Crippen LogP) is 5.79. The van der Waals surface area contributed by atoms with E-state index in [1.807, 2.05) is 7.05 Å². The minimum atomic E-state index is 0.459. The van der Waals surface area contributed by atoms with Gasteiger partial charge >= 0.3 is 0 Å². The summed E-state index contributed by atoms with van der Waals surface area (Å²) in [4.78, 5) is 1.35. The highest BCUT2D eigenvalue weighted by Gasteiger charge is 2.18. The Labute approximate surface area is 127 Å². The van der Waals surface area contributed by atoms with Crippen LogP contribution in [0.5, 0.6) is 0 Å². The molecule has 0 spiro atoms. The summed E-state index contributed by atoms with van der Waals surface area (Å²) in [5.41, 5.74) is 0. The quantitative estimate of drug-likeness (QED) is 0.709. The lowest BCUT2D eigenvalue weighted by Crippen LogP contribution is -2.17. The molecule has 1 aliphatic carbocycles. The molecule has 0 radical (unpaired) electrons. The van der Waals surface area contributed by atoms with E-state index in [9.17, 15) is 0 Å². The molecule has 0 aliphatic heterocycles. The maximum absolute atomic E-state index is 6.12. The van der Waals surface area contributed by atoms with Gasteiger partial charge in [-0.3, -0.25) is 0 Å². The van der Waals surface area contributed by atoms with Gasteiger partial charge in [-0.2, -0.15) is 0 Å².